The highest BCUT2D eigenvalue weighted by molar-refractivity contribution is 6.06. The molecule has 2 N–H and O–H groups in total. The van der Waals surface area contributed by atoms with E-state index in [1.54, 1.807) is 25.3 Å². The number of phenols is 2. The zero-order valence-electron chi connectivity index (χ0n) is 12.7. The molecule has 3 rings (SSSR count). The van der Waals surface area contributed by atoms with Gasteiger partial charge in [0.25, 0.3) is 0 Å². The molecule has 120 valence electrons. The van der Waals surface area contributed by atoms with E-state index in [-0.39, 0.29) is 35.2 Å². The van der Waals surface area contributed by atoms with Crippen molar-refractivity contribution in [2.45, 2.75) is 5.92 Å². The minimum absolute atomic E-state index is 0.0666. The topological polar surface area (TPSA) is 85.2 Å². The first kappa shape index (κ1) is 15.0. The molecule has 1 aliphatic heterocycles. The minimum atomic E-state index is -0.612. The van der Waals surface area contributed by atoms with E-state index in [9.17, 15) is 15.0 Å². The van der Waals surface area contributed by atoms with Crippen molar-refractivity contribution in [2.75, 3.05) is 20.8 Å². The first-order chi connectivity index (χ1) is 11.0. The molecule has 1 aliphatic rings. The van der Waals surface area contributed by atoms with E-state index in [1.807, 2.05) is 0 Å². The number of Topliss-reactive ketones (excluding diaryl/α,β-unsaturated/α-hetero) is 1. The van der Waals surface area contributed by atoms with Crippen molar-refractivity contribution in [3.8, 4) is 28.7 Å². The van der Waals surface area contributed by atoms with E-state index >= 15 is 0 Å². The Morgan fingerprint density at radius 3 is 2.61 bits per heavy atom. The zero-order chi connectivity index (χ0) is 16.6. The summed E-state index contributed by atoms with van der Waals surface area (Å²) in [7, 11) is 3.06. The molecule has 0 spiro atoms. The van der Waals surface area contributed by atoms with E-state index in [1.165, 1.54) is 13.2 Å². The van der Waals surface area contributed by atoms with Gasteiger partial charge in [0, 0.05) is 23.8 Å². The van der Waals surface area contributed by atoms with Gasteiger partial charge in [0.1, 0.15) is 40.9 Å². The number of ketones is 1. The maximum atomic E-state index is 12.8. The number of carbonyl (C=O) groups excluding carboxylic acids is 1. The molecule has 1 atom stereocenters. The Morgan fingerprint density at radius 2 is 1.91 bits per heavy atom. The fourth-order valence-electron chi connectivity index (χ4n) is 2.71. The number of fused-ring (bicyclic) bond motifs is 1. The Labute approximate surface area is 132 Å². The van der Waals surface area contributed by atoms with E-state index in [4.69, 9.17) is 14.2 Å². The summed E-state index contributed by atoms with van der Waals surface area (Å²) in [5, 5.41) is 19.5. The van der Waals surface area contributed by atoms with Crippen molar-refractivity contribution < 1.29 is 29.2 Å². The normalized spacial score (nSPS) is 16.4. The molecule has 0 saturated carbocycles. The molecular formula is C17H16O6. The summed E-state index contributed by atoms with van der Waals surface area (Å²) in [6.07, 6.45) is 0. The van der Waals surface area contributed by atoms with Crippen LogP contribution < -0.4 is 14.2 Å². The van der Waals surface area contributed by atoms with Crippen LogP contribution in [-0.2, 0) is 0 Å². The fourth-order valence-corrected chi connectivity index (χ4v) is 2.71. The van der Waals surface area contributed by atoms with E-state index in [0.717, 1.165) is 6.07 Å². The molecule has 0 aliphatic carbocycles. The molecule has 0 fully saturated rings. The van der Waals surface area contributed by atoms with Crippen LogP contribution in [-0.4, -0.2) is 36.8 Å². The highest BCUT2D eigenvalue weighted by Crippen LogP contribution is 2.42. The summed E-state index contributed by atoms with van der Waals surface area (Å²) in [5.41, 5.74) is 0.716. The summed E-state index contributed by atoms with van der Waals surface area (Å²) >= 11 is 0. The lowest BCUT2D eigenvalue weighted by Gasteiger charge is -2.26. The first-order valence-electron chi connectivity index (χ1n) is 7.00. The van der Waals surface area contributed by atoms with Gasteiger partial charge >= 0.3 is 0 Å². The molecule has 0 aromatic heterocycles. The molecule has 0 saturated heterocycles. The van der Waals surface area contributed by atoms with Crippen LogP contribution in [0.5, 0.6) is 28.7 Å². The molecule has 2 aromatic carbocycles. The Bertz CT molecular complexity index is 768. The number of methoxy groups -OCH3 is 2. The van der Waals surface area contributed by atoms with Crippen LogP contribution in [0.2, 0.25) is 0 Å². The van der Waals surface area contributed by atoms with Crippen LogP contribution >= 0.6 is 0 Å². The molecular weight excluding hydrogens is 300 g/mol. The Balaban J connectivity index is 2.05. The van der Waals surface area contributed by atoms with Gasteiger partial charge in [-0.15, -0.1) is 0 Å². The lowest BCUT2D eigenvalue weighted by Crippen LogP contribution is -2.26. The summed E-state index contributed by atoms with van der Waals surface area (Å²) in [6, 6.07) is 7.60. The largest absolute Gasteiger partial charge is 0.508 e. The maximum Gasteiger partial charge on any atom is 0.181 e. The van der Waals surface area contributed by atoms with Crippen LogP contribution in [0.3, 0.4) is 0 Å². The summed E-state index contributed by atoms with van der Waals surface area (Å²) < 4.78 is 16.0. The number of aromatic hydroxyl groups is 2. The first-order valence-corrected chi connectivity index (χ1v) is 7.00. The SMILES string of the molecule is COc1ccc(C2COc3cc(O)cc(O)c3C2=O)c(OC)c1. The van der Waals surface area contributed by atoms with Gasteiger partial charge in [-0.1, -0.05) is 6.07 Å². The Hall–Kier alpha value is -2.89. The second-order valence-electron chi connectivity index (χ2n) is 5.17. The Kier molecular flexibility index (Phi) is 3.73. The number of benzene rings is 2. The molecule has 6 nitrogen and oxygen atoms in total. The van der Waals surface area contributed by atoms with Crippen molar-refractivity contribution >= 4 is 5.78 Å². The average Bonchev–Trinajstić information content (AvgIpc) is 2.54. The van der Waals surface area contributed by atoms with Crippen molar-refractivity contribution in [3.05, 3.63) is 41.5 Å². The molecule has 0 radical (unpaired) electrons. The third-order valence-corrected chi connectivity index (χ3v) is 3.85. The van der Waals surface area contributed by atoms with Gasteiger partial charge in [-0.3, -0.25) is 4.79 Å². The number of rotatable bonds is 3. The summed E-state index contributed by atoms with van der Waals surface area (Å²) in [4.78, 5) is 12.8. The fraction of sp³-hybridized carbons (Fsp3) is 0.235. The third kappa shape index (κ3) is 2.52. The highest BCUT2D eigenvalue weighted by atomic mass is 16.5. The van der Waals surface area contributed by atoms with Gasteiger partial charge in [0.05, 0.1) is 20.1 Å². The molecule has 0 amide bonds. The predicted octanol–water partition coefficient (Wildman–Crippen LogP) is 2.47. The molecule has 6 heteroatoms. The monoisotopic (exact) mass is 316 g/mol. The van der Waals surface area contributed by atoms with E-state index in [0.29, 0.717) is 17.1 Å². The van der Waals surface area contributed by atoms with Gasteiger partial charge in [-0.2, -0.15) is 0 Å². The number of phenolic OH excluding ortho intramolecular Hbond substituents is 2. The minimum Gasteiger partial charge on any atom is -0.508 e. The van der Waals surface area contributed by atoms with Crippen molar-refractivity contribution in [1.82, 2.24) is 0 Å². The number of hydrogen-bond acceptors (Lipinski definition) is 6. The summed E-state index contributed by atoms with van der Waals surface area (Å²) in [5.74, 6) is -0.0603. The van der Waals surface area contributed by atoms with Crippen LogP contribution in [0.25, 0.3) is 0 Å². The molecule has 23 heavy (non-hydrogen) atoms. The quantitative estimate of drug-likeness (QED) is 0.905. The lowest BCUT2D eigenvalue weighted by molar-refractivity contribution is 0.0890. The average molecular weight is 316 g/mol. The predicted molar refractivity (Wildman–Crippen MR) is 81.9 cm³/mol. The lowest BCUT2D eigenvalue weighted by atomic mass is 9.88. The van der Waals surface area contributed by atoms with E-state index in [2.05, 4.69) is 0 Å². The molecule has 2 aromatic rings. The van der Waals surface area contributed by atoms with Crippen LogP contribution in [0.1, 0.15) is 21.8 Å². The number of carbonyl (C=O) groups is 1. The standard InChI is InChI=1S/C17H16O6/c1-21-10-3-4-11(14(7-10)22-2)12-8-23-15-6-9(18)5-13(19)16(15)17(12)20/h3-7,12,18-19H,8H2,1-2H3. The number of hydrogen-bond donors (Lipinski definition) is 2. The maximum absolute atomic E-state index is 12.8. The smallest absolute Gasteiger partial charge is 0.181 e. The molecule has 1 unspecified atom stereocenters. The van der Waals surface area contributed by atoms with E-state index < -0.39 is 5.92 Å². The highest BCUT2D eigenvalue weighted by Gasteiger charge is 2.34. The van der Waals surface area contributed by atoms with Crippen LogP contribution in [0.15, 0.2) is 30.3 Å². The van der Waals surface area contributed by atoms with Gasteiger partial charge in [0.2, 0.25) is 0 Å². The van der Waals surface area contributed by atoms with Gasteiger partial charge in [-0.05, 0) is 6.07 Å². The van der Waals surface area contributed by atoms with Crippen molar-refractivity contribution in [2.24, 2.45) is 0 Å². The molecule has 1 heterocycles. The second-order valence-corrected chi connectivity index (χ2v) is 5.17. The Morgan fingerprint density at radius 1 is 1.13 bits per heavy atom. The second kappa shape index (κ2) is 5.72. The van der Waals surface area contributed by atoms with Gasteiger partial charge in [-0.25, -0.2) is 0 Å². The van der Waals surface area contributed by atoms with Gasteiger partial charge in [0.15, 0.2) is 5.78 Å². The van der Waals surface area contributed by atoms with Crippen LogP contribution in [0.4, 0.5) is 0 Å². The van der Waals surface area contributed by atoms with Crippen LogP contribution in [0, 0.1) is 0 Å². The van der Waals surface area contributed by atoms with Gasteiger partial charge < -0.3 is 24.4 Å². The summed E-state index contributed by atoms with van der Waals surface area (Å²) in [6.45, 7) is 0.0947. The third-order valence-electron chi connectivity index (χ3n) is 3.85. The number of ether oxygens (including phenoxy) is 3. The van der Waals surface area contributed by atoms with Crippen molar-refractivity contribution in [3.63, 3.8) is 0 Å². The zero-order valence-corrected chi connectivity index (χ0v) is 12.7. The van der Waals surface area contributed by atoms with Crippen molar-refractivity contribution in [1.29, 1.82) is 0 Å². The molecule has 0 bridgehead atoms.